The quantitative estimate of drug-likeness (QED) is 0.616. The van der Waals surface area contributed by atoms with Crippen molar-refractivity contribution in [1.29, 1.82) is 0 Å². The molecule has 1 unspecified atom stereocenters. The first kappa shape index (κ1) is 19.6. The molecule has 6 heteroatoms. The molecule has 0 aliphatic heterocycles. The molecule has 3 rings (SSSR count). The zero-order valence-electron chi connectivity index (χ0n) is 16.4. The van der Waals surface area contributed by atoms with Gasteiger partial charge in [-0.3, -0.25) is 4.79 Å². The van der Waals surface area contributed by atoms with Crippen molar-refractivity contribution in [3.63, 3.8) is 0 Å². The summed E-state index contributed by atoms with van der Waals surface area (Å²) in [5, 5.41) is 3.55. The second-order valence-corrected chi connectivity index (χ2v) is 6.71. The lowest BCUT2D eigenvalue weighted by molar-refractivity contribution is -0.907. The lowest BCUT2D eigenvalue weighted by Gasteiger charge is -2.14. The molecular formula is C22H25N2O4+. The van der Waals surface area contributed by atoms with E-state index in [1.807, 2.05) is 48.5 Å². The van der Waals surface area contributed by atoms with Crippen LogP contribution in [0, 0.1) is 0 Å². The number of carbonyl (C=O) groups excluding carboxylic acids is 2. The average molecular weight is 381 g/mol. The molecule has 2 N–H and O–H groups in total. The first-order valence-corrected chi connectivity index (χ1v) is 9.33. The molecule has 0 saturated carbocycles. The van der Waals surface area contributed by atoms with E-state index in [2.05, 4.69) is 12.4 Å². The average Bonchev–Trinajstić information content (AvgIpc) is 3.06. The van der Waals surface area contributed by atoms with Crippen LogP contribution in [0.2, 0.25) is 0 Å². The van der Waals surface area contributed by atoms with Gasteiger partial charge in [-0.15, -0.1) is 0 Å². The third-order valence-corrected chi connectivity index (χ3v) is 4.59. The van der Waals surface area contributed by atoms with Crippen LogP contribution in [0.25, 0.3) is 11.0 Å². The number of hydrogen-bond donors (Lipinski definition) is 2. The third kappa shape index (κ3) is 4.23. The first-order chi connectivity index (χ1) is 13.5. The minimum absolute atomic E-state index is 0.101. The predicted octanol–water partition coefficient (Wildman–Crippen LogP) is 2.18. The van der Waals surface area contributed by atoms with Gasteiger partial charge in [0.1, 0.15) is 18.7 Å². The summed E-state index contributed by atoms with van der Waals surface area (Å²) in [5.74, 6) is -0.259. The van der Waals surface area contributed by atoms with Crippen molar-refractivity contribution in [3.05, 3.63) is 71.0 Å². The van der Waals surface area contributed by atoms with E-state index in [0.29, 0.717) is 24.3 Å². The molecule has 2 aromatic carbocycles. The van der Waals surface area contributed by atoms with E-state index < -0.39 is 5.97 Å². The van der Waals surface area contributed by atoms with Gasteiger partial charge >= 0.3 is 5.97 Å². The number of rotatable bonds is 7. The number of amides is 1. The molecule has 28 heavy (non-hydrogen) atoms. The number of carbonyl (C=O) groups is 2. The van der Waals surface area contributed by atoms with Gasteiger partial charge in [-0.25, -0.2) is 4.79 Å². The van der Waals surface area contributed by atoms with Crippen LogP contribution in [-0.2, 0) is 17.8 Å². The van der Waals surface area contributed by atoms with Gasteiger partial charge in [-0.1, -0.05) is 30.3 Å². The van der Waals surface area contributed by atoms with Gasteiger partial charge < -0.3 is 19.4 Å². The van der Waals surface area contributed by atoms with Crippen LogP contribution in [0.5, 0.6) is 0 Å². The Labute approximate surface area is 164 Å². The second kappa shape index (κ2) is 8.71. The molecule has 1 atom stereocenters. The summed E-state index contributed by atoms with van der Waals surface area (Å²) in [7, 11) is 3.67. The maximum atomic E-state index is 12.3. The van der Waals surface area contributed by atoms with Crippen LogP contribution in [0.4, 0.5) is 0 Å². The molecule has 0 fully saturated rings. The first-order valence-electron chi connectivity index (χ1n) is 9.33. The summed E-state index contributed by atoms with van der Waals surface area (Å²) in [5.41, 5.74) is 3.28. The van der Waals surface area contributed by atoms with Crippen molar-refractivity contribution in [3.8, 4) is 0 Å². The second-order valence-electron chi connectivity index (χ2n) is 6.71. The van der Waals surface area contributed by atoms with E-state index in [-0.39, 0.29) is 11.7 Å². The number of furan rings is 1. The van der Waals surface area contributed by atoms with Crippen molar-refractivity contribution in [1.82, 2.24) is 5.32 Å². The Bertz CT molecular complexity index is 976. The van der Waals surface area contributed by atoms with E-state index in [1.165, 1.54) is 4.90 Å². The smallest absolute Gasteiger partial charge is 0.374 e. The molecule has 6 nitrogen and oxygen atoms in total. The summed E-state index contributed by atoms with van der Waals surface area (Å²) in [6, 6.07) is 15.2. The topological polar surface area (TPSA) is 73.0 Å². The highest BCUT2D eigenvalue weighted by atomic mass is 16.5. The fourth-order valence-corrected chi connectivity index (χ4v) is 3.27. The normalized spacial score (nSPS) is 12.0. The van der Waals surface area contributed by atoms with E-state index >= 15 is 0 Å². The molecule has 1 heterocycles. The fraction of sp³-hybridized carbons (Fsp3) is 0.273. The summed E-state index contributed by atoms with van der Waals surface area (Å²) >= 11 is 0. The molecule has 0 aliphatic rings. The van der Waals surface area contributed by atoms with Gasteiger partial charge in [0, 0.05) is 23.6 Å². The Kier molecular flexibility index (Phi) is 6.11. The summed E-state index contributed by atoms with van der Waals surface area (Å²) in [6.07, 6.45) is 0. The zero-order valence-corrected chi connectivity index (χ0v) is 16.4. The van der Waals surface area contributed by atoms with Gasteiger partial charge in [0.25, 0.3) is 5.91 Å². The zero-order chi connectivity index (χ0) is 20.1. The Balaban J connectivity index is 1.80. The minimum atomic E-state index is -0.434. The van der Waals surface area contributed by atoms with Crippen molar-refractivity contribution < 1.29 is 23.6 Å². The van der Waals surface area contributed by atoms with E-state index in [9.17, 15) is 9.59 Å². The number of esters is 1. The molecule has 0 aliphatic carbocycles. The number of nitrogens with one attached hydrogen (secondary N) is 2. The molecule has 1 amide bonds. The standard InChI is InChI=1S/C22H24N2O4/c1-4-27-22(26)20-18(17-7-5-6-8-19(17)28-20)14-24(3)13-15-9-11-16(12-10-15)21(25)23-2/h5-12H,4,13-14H2,1-3H3,(H,23,25)/p+1. The van der Waals surface area contributed by atoms with Crippen LogP contribution in [0.1, 0.15) is 39.0 Å². The van der Waals surface area contributed by atoms with Crippen molar-refractivity contribution >= 4 is 22.8 Å². The predicted molar refractivity (Wildman–Crippen MR) is 106 cm³/mol. The van der Waals surface area contributed by atoms with E-state index in [1.54, 1.807) is 14.0 Å². The van der Waals surface area contributed by atoms with Crippen molar-refractivity contribution in [2.45, 2.75) is 20.0 Å². The van der Waals surface area contributed by atoms with Crippen LogP contribution >= 0.6 is 0 Å². The SMILES string of the molecule is CCOC(=O)c1oc2ccccc2c1C[NH+](C)Cc1ccc(C(=O)NC)cc1. The molecule has 1 aromatic heterocycles. The highest BCUT2D eigenvalue weighted by Gasteiger charge is 2.24. The maximum absolute atomic E-state index is 12.3. The Morgan fingerprint density at radius 1 is 1.07 bits per heavy atom. The summed E-state index contributed by atoms with van der Waals surface area (Å²) in [4.78, 5) is 25.2. The molecule has 0 radical (unpaired) electrons. The molecular weight excluding hydrogens is 356 g/mol. The molecule has 0 saturated heterocycles. The third-order valence-electron chi connectivity index (χ3n) is 4.59. The maximum Gasteiger partial charge on any atom is 0.374 e. The number of hydrogen-bond acceptors (Lipinski definition) is 4. The van der Waals surface area contributed by atoms with Gasteiger partial charge in [-0.05, 0) is 25.1 Å². The molecule has 0 spiro atoms. The van der Waals surface area contributed by atoms with Gasteiger partial charge in [-0.2, -0.15) is 0 Å². The number of benzene rings is 2. The minimum Gasteiger partial charge on any atom is -0.460 e. The Morgan fingerprint density at radius 3 is 2.46 bits per heavy atom. The lowest BCUT2D eigenvalue weighted by atomic mass is 10.1. The fourth-order valence-electron chi connectivity index (χ4n) is 3.27. The highest BCUT2D eigenvalue weighted by Crippen LogP contribution is 2.26. The van der Waals surface area contributed by atoms with Crippen LogP contribution < -0.4 is 10.2 Å². The molecule has 146 valence electrons. The van der Waals surface area contributed by atoms with Crippen molar-refractivity contribution in [2.24, 2.45) is 0 Å². The number of para-hydroxylation sites is 1. The number of ether oxygens (including phenoxy) is 1. The Hall–Kier alpha value is -3.12. The van der Waals surface area contributed by atoms with Crippen molar-refractivity contribution in [2.75, 3.05) is 20.7 Å². The highest BCUT2D eigenvalue weighted by molar-refractivity contribution is 5.96. The van der Waals surface area contributed by atoms with E-state index in [4.69, 9.17) is 9.15 Å². The number of quaternary nitrogens is 1. The molecule has 0 bridgehead atoms. The van der Waals surface area contributed by atoms with E-state index in [0.717, 1.165) is 23.1 Å². The van der Waals surface area contributed by atoms with Crippen LogP contribution in [-0.4, -0.2) is 32.6 Å². The molecule has 3 aromatic rings. The van der Waals surface area contributed by atoms with Gasteiger partial charge in [0.15, 0.2) is 0 Å². The van der Waals surface area contributed by atoms with Gasteiger partial charge in [0.2, 0.25) is 5.76 Å². The van der Waals surface area contributed by atoms with Crippen LogP contribution in [0.3, 0.4) is 0 Å². The van der Waals surface area contributed by atoms with Gasteiger partial charge in [0.05, 0.1) is 19.2 Å². The monoisotopic (exact) mass is 381 g/mol. The largest absolute Gasteiger partial charge is 0.460 e. The summed E-state index contributed by atoms with van der Waals surface area (Å²) in [6.45, 7) is 3.44. The summed E-state index contributed by atoms with van der Waals surface area (Å²) < 4.78 is 11.0. The lowest BCUT2D eigenvalue weighted by Crippen LogP contribution is -3.06. The number of fused-ring (bicyclic) bond motifs is 1. The Morgan fingerprint density at radius 2 is 1.79 bits per heavy atom. The van der Waals surface area contributed by atoms with Crippen LogP contribution in [0.15, 0.2) is 52.9 Å².